The minimum atomic E-state index is -3.43. The van der Waals surface area contributed by atoms with Crippen molar-refractivity contribution in [2.75, 3.05) is 18.4 Å². The van der Waals surface area contributed by atoms with Gasteiger partial charge in [0.25, 0.3) is 5.91 Å². The van der Waals surface area contributed by atoms with Gasteiger partial charge in [-0.15, -0.1) is 0 Å². The molecule has 0 aliphatic carbocycles. The quantitative estimate of drug-likeness (QED) is 0.649. The Bertz CT molecular complexity index is 1030. The van der Waals surface area contributed by atoms with E-state index in [0.29, 0.717) is 34.4 Å². The van der Waals surface area contributed by atoms with E-state index in [2.05, 4.69) is 17.6 Å². The molecule has 1 aliphatic heterocycles. The molecule has 0 spiro atoms. The monoisotopic (exact) mass is 442 g/mol. The van der Waals surface area contributed by atoms with Crippen LogP contribution >= 0.6 is 0 Å². The van der Waals surface area contributed by atoms with E-state index in [4.69, 9.17) is 0 Å². The summed E-state index contributed by atoms with van der Waals surface area (Å²) in [6.07, 6.45) is 2.89. The Kier molecular flexibility index (Phi) is 7.55. The lowest BCUT2D eigenvalue weighted by Gasteiger charge is -2.30. The maximum atomic E-state index is 13.2. The van der Waals surface area contributed by atoms with Gasteiger partial charge >= 0.3 is 0 Å². The Labute approximate surface area is 186 Å². The van der Waals surface area contributed by atoms with Gasteiger partial charge in [-0.3, -0.25) is 4.79 Å². The van der Waals surface area contributed by atoms with Gasteiger partial charge in [-0.2, -0.15) is 0 Å². The second-order valence-corrected chi connectivity index (χ2v) is 11.3. The number of carbonyl (C=O) groups is 1. The fraction of sp³-hybridized carbons (Fsp3) is 0.480. The van der Waals surface area contributed by atoms with Crippen molar-refractivity contribution >= 4 is 21.4 Å². The number of amides is 1. The maximum Gasteiger partial charge on any atom is 0.255 e. The van der Waals surface area contributed by atoms with Crippen LogP contribution in [0.3, 0.4) is 0 Å². The number of anilines is 1. The van der Waals surface area contributed by atoms with E-state index in [-0.39, 0.29) is 5.91 Å². The van der Waals surface area contributed by atoms with E-state index in [1.807, 2.05) is 39.0 Å². The smallest absolute Gasteiger partial charge is 0.255 e. The molecule has 5 nitrogen and oxygen atoms in total. The maximum absolute atomic E-state index is 13.2. The van der Waals surface area contributed by atoms with E-state index in [9.17, 15) is 13.2 Å². The van der Waals surface area contributed by atoms with E-state index < -0.39 is 15.1 Å². The number of piperidine rings is 1. The summed E-state index contributed by atoms with van der Waals surface area (Å²) < 4.78 is 26.4. The third kappa shape index (κ3) is 5.55. The number of sulfone groups is 1. The lowest BCUT2D eigenvalue weighted by molar-refractivity contribution is 0.102. The third-order valence-electron chi connectivity index (χ3n) is 6.59. The molecule has 1 unspecified atom stereocenters. The summed E-state index contributed by atoms with van der Waals surface area (Å²) >= 11 is 0. The molecule has 1 aliphatic rings. The minimum absolute atomic E-state index is 0.194. The van der Waals surface area contributed by atoms with Crippen LogP contribution in [0.25, 0.3) is 0 Å². The summed E-state index contributed by atoms with van der Waals surface area (Å²) in [7, 11) is -3.43. The van der Waals surface area contributed by atoms with Crippen LogP contribution in [-0.2, 0) is 9.84 Å². The Hall–Kier alpha value is -2.18. The number of benzene rings is 2. The molecule has 0 saturated carbocycles. The molecule has 1 fully saturated rings. The molecule has 0 radical (unpaired) electrons. The molecule has 3 rings (SSSR count). The van der Waals surface area contributed by atoms with Gasteiger partial charge in [0.05, 0.1) is 10.1 Å². The summed E-state index contributed by atoms with van der Waals surface area (Å²) in [5.74, 6) is 0.765. The lowest BCUT2D eigenvalue weighted by atomic mass is 9.83. The second kappa shape index (κ2) is 9.96. The molecule has 0 bridgehead atoms. The van der Waals surface area contributed by atoms with Crippen LogP contribution in [0.5, 0.6) is 0 Å². The molecule has 1 heterocycles. The topological polar surface area (TPSA) is 75.3 Å². The largest absolute Gasteiger partial charge is 0.322 e. The van der Waals surface area contributed by atoms with Crippen molar-refractivity contribution in [2.24, 2.45) is 11.8 Å². The van der Waals surface area contributed by atoms with Gasteiger partial charge in [0.1, 0.15) is 0 Å². The van der Waals surface area contributed by atoms with Gasteiger partial charge in [0, 0.05) is 11.3 Å². The highest BCUT2D eigenvalue weighted by Crippen LogP contribution is 2.30. The van der Waals surface area contributed by atoms with Crippen LogP contribution in [0.1, 0.15) is 54.6 Å². The number of rotatable bonds is 7. The fourth-order valence-corrected chi connectivity index (χ4v) is 6.08. The zero-order valence-electron chi connectivity index (χ0n) is 18.9. The number of carbonyl (C=O) groups excluding carboxylic acids is 1. The standard InChI is InChI=1S/C25H34N2O3S/c1-17-7-5-6-8-23(17)25(28)27-24-10-9-22(16-19(24)3)31(29,30)20(4)15-18(2)21-11-13-26-14-12-21/h5-10,16,18,20-21,26H,11-15H2,1-4H3,(H,27,28)/t18-,20?/m0/s1. The number of nitrogens with one attached hydrogen (secondary N) is 2. The molecule has 0 aromatic heterocycles. The van der Waals surface area contributed by atoms with E-state index in [0.717, 1.165) is 37.1 Å². The summed E-state index contributed by atoms with van der Waals surface area (Å²) in [4.78, 5) is 12.9. The molecule has 1 amide bonds. The molecular formula is C25H34N2O3S. The van der Waals surface area contributed by atoms with Crippen LogP contribution in [0.15, 0.2) is 47.4 Å². The van der Waals surface area contributed by atoms with Crippen LogP contribution in [0, 0.1) is 25.7 Å². The Morgan fingerprint density at radius 2 is 1.74 bits per heavy atom. The number of hydrogen-bond donors (Lipinski definition) is 2. The average molecular weight is 443 g/mol. The Balaban J connectivity index is 1.71. The molecule has 2 N–H and O–H groups in total. The predicted octanol–water partition coefficient (Wildman–Crippen LogP) is 4.74. The van der Waals surface area contributed by atoms with Gasteiger partial charge in [-0.1, -0.05) is 25.1 Å². The molecule has 31 heavy (non-hydrogen) atoms. The minimum Gasteiger partial charge on any atom is -0.322 e. The average Bonchev–Trinajstić information content (AvgIpc) is 2.75. The normalized spacial score (nSPS) is 17.2. The second-order valence-electron chi connectivity index (χ2n) is 8.90. The van der Waals surface area contributed by atoms with Crippen molar-refractivity contribution in [3.8, 4) is 0 Å². The first-order valence-corrected chi connectivity index (χ1v) is 12.7. The number of aryl methyl sites for hydroxylation is 2. The van der Waals surface area contributed by atoms with Gasteiger partial charge in [0.15, 0.2) is 9.84 Å². The van der Waals surface area contributed by atoms with Crippen LogP contribution in [0.2, 0.25) is 0 Å². The molecule has 2 aromatic rings. The molecule has 6 heteroatoms. The zero-order chi connectivity index (χ0) is 22.6. The molecule has 168 valence electrons. The summed E-state index contributed by atoms with van der Waals surface area (Å²) in [5, 5.41) is 5.84. The lowest BCUT2D eigenvalue weighted by Crippen LogP contribution is -2.32. The van der Waals surface area contributed by atoms with E-state index >= 15 is 0 Å². The van der Waals surface area contributed by atoms with Gasteiger partial charge < -0.3 is 10.6 Å². The molecule has 1 saturated heterocycles. The van der Waals surface area contributed by atoms with Gasteiger partial charge in [-0.25, -0.2) is 8.42 Å². The third-order valence-corrected chi connectivity index (χ3v) is 8.75. The predicted molar refractivity (Wildman–Crippen MR) is 126 cm³/mol. The highest BCUT2D eigenvalue weighted by Gasteiger charge is 2.29. The first kappa shape index (κ1) is 23.5. The molecule has 2 aromatic carbocycles. The van der Waals surface area contributed by atoms with Crippen molar-refractivity contribution in [2.45, 2.75) is 57.1 Å². The van der Waals surface area contributed by atoms with Crippen LogP contribution in [-0.4, -0.2) is 32.7 Å². The Morgan fingerprint density at radius 1 is 1.06 bits per heavy atom. The Morgan fingerprint density at radius 3 is 2.39 bits per heavy atom. The SMILES string of the molecule is Cc1cc(S(=O)(=O)C(C)C[C@H](C)C2CCNCC2)ccc1NC(=O)c1ccccc1C. The van der Waals surface area contributed by atoms with Crippen molar-refractivity contribution in [3.05, 3.63) is 59.2 Å². The van der Waals surface area contributed by atoms with Crippen molar-refractivity contribution in [3.63, 3.8) is 0 Å². The first-order valence-electron chi connectivity index (χ1n) is 11.1. The number of hydrogen-bond acceptors (Lipinski definition) is 4. The highest BCUT2D eigenvalue weighted by atomic mass is 32.2. The zero-order valence-corrected chi connectivity index (χ0v) is 19.8. The van der Waals surface area contributed by atoms with E-state index in [1.165, 1.54) is 0 Å². The molecule has 2 atom stereocenters. The van der Waals surface area contributed by atoms with E-state index in [1.54, 1.807) is 24.3 Å². The summed E-state index contributed by atoms with van der Waals surface area (Å²) in [5.41, 5.74) is 2.87. The fourth-order valence-electron chi connectivity index (χ4n) is 4.46. The first-order chi connectivity index (χ1) is 14.7. The van der Waals surface area contributed by atoms with Crippen LogP contribution in [0.4, 0.5) is 5.69 Å². The summed E-state index contributed by atoms with van der Waals surface area (Å²) in [6.45, 7) is 9.75. The highest BCUT2D eigenvalue weighted by molar-refractivity contribution is 7.92. The molecular weight excluding hydrogens is 408 g/mol. The summed E-state index contributed by atoms with van der Waals surface area (Å²) in [6, 6.07) is 12.4. The van der Waals surface area contributed by atoms with Crippen molar-refractivity contribution < 1.29 is 13.2 Å². The van der Waals surface area contributed by atoms with Crippen molar-refractivity contribution in [1.29, 1.82) is 0 Å². The van der Waals surface area contributed by atoms with Gasteiger partial charge in [-0.05, 0) is 100 Å². The van der Waals surface area contributed by atoms with Crippen molar-refractivity contribution in [1.82, 2.24) is 5.32 Å². The van der Waals surface area contributed by atoms with Gasteiger partial charge in [0.2, 0.25) is 0 Å². The van der Waals surface area contributed by atoms with Crippen LogP contribution < -0.4 is 10.6 Å².